The smallest absolute Gasteiger partial charge is 0.264 e. The van der Waals surface area contributed by atoms with Gasteiger partial charge in [0.1, 0.15) is 18.5 Å². The van der Waals surface area contributed by atoms with E-state index in [9.17, 15) is 14.7 Å². The van der Waals surface area contributed by atoms with Crippen molar-refractivity contribution in [3.63, 3.8) is 0 Å². The third kappa shape index (κ3) is 7.02. The zero-order valence-corrected chi connectivity index (χ0v) is 23.1. The molecular formula is C27H37N5O5S. The van der Waals surface area contributed by atoms with Crippen LogP contribution in [0.3, 0.4) is 0 Å². The Kier molecular flexibility index (Phi) is 8.27. The number of rotatable bonds is 12. The van der Waals surface area contributed by atoms with Crippen molar-refractivity contribution in [2.75, 3.05) is 6.61 Å². The van der Waals surface area contributed by atoms with Crippen molar-refractivity contribution >= 4 is 29.4 Å². The molecule has 206 valence electrons. The third-order valence-electron chi connectivity index (χ3n) is 6.64. The van der Waals surface area contributed by atoms with Crippen LogP contribution in [-0.4, -0.2) is 52.5 Å². The number of hydrogen-bond donors (Lipinski definition) is 5. The molecule has 2 saturated carbocycles. The summed E-state index contributed by atoms with van der Waals surface area (Å²) in [5.74, 6) is 0.820. The van der Waals surface area contributed by atoms with Crippen LogP contribution in [0, 0.1) is 24.2 Å². The Bertz CT molecular complexity index is 1180. The lowest BCUT2D eigenvalue weighted by atomic mass is 9.78. The van der Waals surface area contributed by atoms with Gasteiger partial charge < -0.3 is 36.4 Å². The molecule has 0 radical (unpaired) electrons. The molecule has 2 fully saturated rings. The maximum Gasteiger partial charge on any atom is 0.264 e. The van der Waals surface area contributed by atoms with Crippen LogP contribution >= 0.6 is 11.3 Å². The maximum atomic E-state index is 13.1. The number of aliphatic hydroxyl groups is 1. The first kappa shape index (κ1) is 27.8. The standard InChI is InChI=1S/C27H37N5O5S/c1-14(9-16-10-18(11-16)37-26-23(24(29)33)38-15(2)31-26)30-25(34)19(12-28)20-7-8-21(36-13-27(3,4)35)22(32-20)17-5-6-17/h7-8,12,14,16-18,28,32,35H,5-6,9-11,13H2,1-4H3,(H2,29,33)(H,30,34)/b20-19+,28-12?/t14-,16?,18?/m0/s1. The first-order valence-corrected chi connectivity index (χ1v) is 13.8. The van der Waals surface area contributed by atoms with Gasteiger partial charge in [-0.05, 0) is 77.9 Å². The Morgan fingerprint density at radius 3 is 2.68 bits per heavy atom. The number of dihydropyridines is 1. The maximum absolute atomic E-state index is 13.1. The number of nitrogens with two attached hydrogens (primary N) is 1. The second kappa shape index (κ2) is 11.3. The van der Waals surface area contributed by atoms with Crippen LogP contribution in [0.1, 0.15) is 67.6 Å². The van der Waals surface area contributed by atoms with Gasteiger partial charge in [-0.15, -0.1) is 11.3 Å². The van der Waals surface area contributed by atoms with Crippen molar-refractivity contribution < 1.29 is 24.2 Å². The fraction of sp³-hybridized carbons (Fsp3) is 0.556. The van der Waals surface area contributed by atoms with Crippen molar-refractivity contribution in [3.05, 3.63) is 44.8 Å². The number of primary amides is 1. The number of aryl methyl sites for hydroxylation is 1. The number of hydrogen-bond acceptors (Lipinski definition) is 9. The van der Waals surface area contributed by atoms with E-state index < -0.39 is 11.5 Å². The topological polar surface area (TPSA) is 160 Å². The quantitative estimate of drug-likeness (QED) is 0.200. The molecule has 3 aliphatic rings. The van der Waals surface area contributed by atoms with Gasteiger partial charge in [0.25, 0.3) is 11.8 Å². The summed E-state index contributed by atoms with van der Waals surface area (Å²) in [6, 6.07) is -0.0941. The molecule has 1 aliphatic heterocycles. The SMILES string of the molecule is Cc1nc(OC2CC(C[C@H](C)NC(=O)/C(C=N)=C3\C=CC(OCC(C)(C)O)=C(C4CC4)N3)C2)c(C(N)=O)s1. The van der Waals surface area contributed by atoms with E-state index in [2.05, 4.69) is 15.6 Å². The van der Waals surface area contributed by atoms with Gasteiger partial charge in [0.2, 0.25) is 5.88 Å². The molecule has 2 amide bonds. The minimum atomic E-state index is -0.958. The number of ether oxygens (including phenoxy) is 2. The van der Waals surface area contributed by atoms with Gasteiger partial charge in [-0.2, -0.15) is 0 Å². The number of nitrogens with zero attached hydrogens (tertiary/aromatic N) is 1. The molecule has 4 rings (SSSR count). The average Bonchev–Trinajstić information content (AvgIpc) is 3.58. The monoisotopic (exact) mass is 543 g/mol. The molecule has 11 heteroatoms. The number of carbonyl (C=O) groups excluding carboxylic acids is 2. The lowest BCUT2D eigenvalue weighted by Crippen LogP contribution is -2.41. The minimum absolute atomic E-state index is 0.0289. The summed E-state index contributed by atoms with van der Waals surface area (Å²) in [4.78, 5) is 29.3. The minimum Gasteiger partial charge on any atom is -0.489 e. The molecule has 0 aromatic carbocycles. The Labute approximate surface area is 226 Å². The van der Waals surface area contributed by atoms with Gasteiger partial charge in [-0.3, -0.25) is 9.59 Å². The number of allylic oxidation sites excluding steroid dienone is 3. The number of aromatic nitrogens is 1. The van der Waals surface area contributed by atoms with Crippen LogP contribution in [0.4, 0.5) is 0 Å². The second-order valence-corrected chi connectivity index (χ2v) is 12.2. The predicted octanol–water partition coefficient (Wildman–Crippen LogP) is 3.07. The molecule has 1 aromatic heterocycles. The van der Waals surface area contributed by atoms with Crippen molar-refractivity contribution in [2.45, 2.75) is 77.5 Å². The molecule has 2 heterocycles. The van der Waals surface area contributed by atoms with Crippen molar-refractivity contribution in [3.8, 4) is 5.88 Å². The van der Waals surface area contributed by atoms with Crippen LogP contribution in [-0.2, 0) is 9.53 Å². The number of amides is 2. The highest BCUT2D eigenvalue weighted by Crippen LogP contribution is 2.39. The lowest BCUT2D eigenvalue weighted by molar-refractivity contribution is -0.117. The Morgan fingerprint density at radius 2 is 2.08 bits per heavy atom. The second-order valence-electron chi connectivity index (χ2n) is 11.0. The Morgan fingerprint density at radius 1 is 1.37 bits per heavy atom. The highest BCUT2D eigenvalue weighted by atomic mass is 32.1. The van der Waals surface area contributed by atoms with Crippen LogP contribution < -0.4 is 21.1 Å². The molecule has 0 spiro atoms. The molecule has 0 unspecified atom stereocenters. The van der Waals surface area contributed by atoms with Gasteiger partial charge in [0.15, 0.2) is 4.88 Å². The van der Waals surface area contributed by atoms with Crippen molar-refractivity contribution in [1.29, 1.82) is 5.41 Å². The molecular weight excluding hydrogens is 506 g/mol. The summed E-state index contributed by atoms with van der Waals surface area (Å²) in [6.45, 7) is 7.29. The normalized spacial score (nSPS) is 23.2. The van der Waals surface area contributed by atoms with E-state index in [1.807, 2.05) is 13.8 Å². The summed E-state index contributed by atoms with van der Waals surface area (Å²) >= 11 is 1.23. The number of nitrogens with one attached hydrogen (secondary N) is 3. The van der Waals surface area contributed by atoms with Crippen LogP contribution in [0.25, 0.3) is 0 Å². The van der Waals surface area contributed by atoms with E-state index in [4.69, 9.17) is 20.6 Å². The van der Waals surface area contributed by atoms with Crippen LogP contribution in [0.5, 0.6) is 5.88 Å². The molecule has 1 atom stereocenters. The number of carbonyl (C=O) groups is 2. The van der Waals surface area contributed by atoms with Gasteiger partial charge in [0.05, 0.1) is 27.6 Å². The summed E-state index contributed by atoms with van der Waals surface area (Å²) in [7, 11) is 0. The van der Waals surface area contributed by atoms with Gasteiger partial charge in [0, 0.05) is 18.2 Å². The largest absolute Gasteiger partial charge is 0.489 e. The summed E-state index contributed by atoms with van der Waals surface area (Å²) in [6.07, 6.45) is 9.02. The highest BCUT2D eigenvalue weighted by Gasteiger charge is 2.35. The summed E-state index contributed by atoms with van der Waals surface area (Å²) in [5, 5.41) is 25.0. The molecule has 0 bridgehead atoms. The zero-order chi connectivity index (χ0) is 27.6. The van der Waals surface area contributed by atoms with E-state index in [-0.39, 0.29) is 30.2 Å². The summed E-state index contributed by atoms with van der Waals surface area (Å²) in [5.41, 5.74) is 6.16. The molecule has 10 nitrogen and oxygen atoms in total. The van der Waals surface area contributed by atoms with E-state index in [0.29, 0.717) is 34.0 Å². The van der Waals surface area contributed by atoms with Crippen LogP contribution in [0.2, 0.25) is 0 Å². The predicted molar refractivity (Wildman–Crippen MR) is 145 cm³/mol. The molecule has 0 saturated heterocycles. The Hall–Kier alpha value is -3.18. The van der Waals surface area contributed by atoms with Crippen molar-refractivity contribution in [2.24, 2.45) is 17.6 Å². The fourth-order valence-electron chi connectivity index (χ4n) is 4.60. The first-order chi connectivity index (χ1) is 17.9. The van der Waals surface area contributed by atoms with E-state index in [1.165, 1.54) is 11.3 Å². The fourth-order valence-corrected chi connectivity index (χ4v) is 5.31. The number of thiazole rings is 1. The molecule has 1 aromatic rings. The Balaban J connectivity index is 1.30. The van der Waals surface area contributed by atoms with Gasteiger partial charge >= 0.3 is 0 Å². The summed E-state index contributed by atoms with van der Waals surface area (Å²) < 4.78 is 11.7. The van der Waals surface area contributed by atoms with Gasteiger partial charge in [-0.25, -0.2) is 4.98 Å². The zero-order valence-electron chi connectivity index (χ0n) is 22.3. The lowest BCUT2D eigenvalue weighted by Gasteiger charge is -2.36. The van der Waals surface area contributed by atoms with E-state index in [1.54, 1.807) is 26.0 Å². The van der Waals surface area contributed by atoms with Crippen LogP contribution in [0.15, 0.2) is 34.9 Å². The average molecular weight is 544 g/mol. The van der Waals surface area contributed by atoms with Gasteiger partial charge in [-0.1, -0.05) is 0 Å². The van der Waals surface area contributed by atoms with E-state index >= 15 is 0 Å². The molecule has 38 heavy (non-hydrogen) atoms. The highest BCUT2D eigenvalue weighted by molar-refractivity contribution is 7.13. The molecule has 2 aliphatic carbocycles. The first-order valence-electron chi connectivity index (χ1n) is 13.0. The van der Waals surface area contributed by atoms with Crippen molar-refractivity contribution in [1.82, 2.24) is 15.6 Å². The third-order valence-corrected chi connectivity index (χ3v) is 7.61. The van der Waals surface area contributed by atoms with E-state index in [0.717, 1.165) is 49.0 Å². The molecule has 6 N–H and O–H groups in total.